The third kappa shape index (κ3) is 6.76. The van der Waals surface area contributed by atoms with Gasteiger partial charge >= 0.3 is 12.1 Å². The summed E-state index contributed by atoms with van der Waals surface area (Å²) in [5, 5.41) is 4.51. The number of carbonyl (C=O) groups excluding carboxylic acids is 4. The number of esters is 1. The molecule has 2 aromatic rings. The number of ether oxygens (including phenoxy) is 2. The predicted octanol–water partition coefficient (Wildman–Crippen LogP) is 2.69. The lowest BCUT2D eigenvalue weighted by Crippen LogP contribution is -2.43. The second-order valence-electron chi connectivity index (χ2n) is 5.79. The first-order chi connectivity index (χ1) is 14.4. The fraction of sp³-hybridized carbons (Fsp3) is 0.238. The van der Waals surface area contributed by atoms with Crippen LogP contribution in [0.1, 0.15) is 30.6 Å². The van der Waals surface area contributed by atoms with Crippen LogP contribution in [0.4, 0.5) is 10.5 Å². The molecule has 0 heterocycles. The molecule has 152 valence electrons. The molecule has 2 aromatic carbocycles. The lowest BCUT2D eigenvalue weighted by atomic mass is 10.0. The third-order valence-corrected chi connectivity index (χ3v) is 3.77. The summed E-state index contributed by atoms with van der Waals surface area (Å²) in [6.45, 7) is 1.42. The van der Waals surface area contributed by atoms with Crippen LogP contribution in [0.5, 0.6) is 0 Å². The van der Waals surface area contributed by atoms with Crippen molar-refractivity contribution in [2.45, 2.75) is 26.0 Å². The molecule has 0 aromatic heterocycles. The third-order valence-electron chi connectivity index (χ3n) is 3.77. The fourth-order valence-corrected chi connectivity index (χ4v) is 2.44. The van der Waals surface area contributed by atoms with Gasteiger partial charge in [-0.2, -0.15) is 0 Å². The number of hydrogen-bond donors (Lipinski definition) is 2. The van der Waals surface area contributed by atoms with Crippen molar-refractivity contribution in [2.24, 2.45) is 0 Å². The second kappa shape index (κ2) is 11.2. The summed E-state index contributed by atoms with van der Waals surface area (Å²) >= 11 is 0. The van der Waals surface area contributed by atoms with E-state index in [2.05, 4.69) is 10.6 Å². The number of alkyl carbamates (subject to hydrolysis) is 1. The van der Waals surface area contributed by atoms with Gasteiger partial charge in [0.2, 0.25) is 6.41 Å². The van der Waals surface area contributed by atoms with Crippen molar-refractivity contribution in [3.63, 3.8) is 0 Å². The number of Topliss-reactive ketones (excluding diaryl/α,β-unsaturated/α-hetero) is 1. The van der Waals surface area contributed by atoms with E-state index < -0.39 is 30.3 Å². The molecule has 0 radical (unpaired) electrons. The summed E-state index contributed by atoms with van der Waals surface area (Å²) in [4.78, 5) is 48.0. The maximum Gasteiger partial charge on any atom is 0.408 e. The van der Waals surface area contributed by atoms with E-state index >= 15 is 0 Å². The van der Waals surface area contributed by atoms with Gasteiger partial charge in [0.15, 0.2) is 5.78 Å². The highest BCUT2D eigenvalue weighted by atomic mass is 16.6. The minimum atomic E-state index is -2.41. The lowest BCUT2D eigenvalue weighted by Gasteiger charge is -2.17. The topological polar surface area (TPSA) is 111 Å². The Bertz CT molecular complexity index is 905. The van der Waals surface area contributed by atoms with Crippen LogP contribution < -0.4 is 10.6 Å². The summed E-state index contributed by atoms with van der Waals surface area (Å²) in [5.74, 6) is -1.75. The Kier molecular flexibility index (Phi) is 7.77. The average molecular weight is 399 g/mol. The predicted molar refractivity (Wildman–Crippen MR) is 105 cm³/mol. The molecule has 0 aliphatic heterocycles. The van der Waals surface area contributed by atoms with Gasteiger partial charge in [-0.15, -0.1) is 0 Å². The van der Waals surface area contributed by atoms with E-state index in [1.807, 2.05) is 6.07 Å². The van der Waals surface area contributed by atoms with E-state index in [9.17, 15) is 19.2 Å². The van der Waals surface area contributed by atoms with Crippen LogP contribution in [-0.4, -0.2) is 36.9 Å². The zero-order valence-electron chi connectivity index (χ0n) is 16.8. The van der Waals surface area contributed by atoms with Gasteiger partial charge in [0, 0.05) is 12.0 Å². The molecule has 8 nitrogen and oxygen atoms in total. The van der Waals surface area contributed by atoms with Crippen molar-refractivity contribution in [1.29, 1.82) is 0 Å². The zero-order chi connectivity index (χ0) is 22.0. The van der Waals surface area contributed by atoms with Gasteiger partial charge in [-0.05, 0) is 24.6 Å². The van der Waals surface area contributed by atoms with Crippen LogP contribution in [0.3, 0.4) is 0 Å². The van der Waals surface area contributed by atoms with Gasteiger partial charge in [-0.25, -0.2) is 9.59 Å². The highest BCUT2D eigenvalue weighted by Crippen LogP contribution is 2.17. The second-order valence-corrected chi connectivity index (χ2v) is 5.79. The summed E-state index contributed by atoms with van der Waals surface area (Å²) in [6.07, 6.45) is -1.36. The van der Waals surface area contributed by atoms with Gasteiger partial charge < -0.3 is 20.1 Å². The number of anilines is 1. The highest BCUT2D eigenvalue weighted by molar-refractivity contribution is 6.04. The smallest absolute Gasteiger partial charge is 0.408 e. The number of carbonyl (C=O) groups is 4. The maximum atomic E-state index is 12.7. The van der Waals surface area contributed by atoms with Crippen LogP contribution in [-0.2, 0) is 25.7 Å². The minimum Gasteiger partial charge on any atom is -0.464 e. The monoisotopic (exact) mass is 399 g/mol. The van der Waals surface area contributed by atoms with E-state index in [1.165, 1.54) is 19.1 Å². The highest BCUT2D eigenvalue weighted by Gasteiger charge is 2.27. The van der Waals surface area contributed by atoms with Crippen molar-refractivity contribution in [3.8, 4) is 0 Å². The number of benzene rings is 2. The van der Waals surface area contributed by atoms with Crippen LogP contribution in [0, 0.1) is 0 Å². The molecule has 1 atom stereocenters. The van der Waals surface area contributed by atoms with Crippen LogP contribution in [0.2, 0.25) is 0 Å². The molecule has 0 saturated carbocycles. The normalized spacial score (nSPS) is 12.7. The van der Waals surface area contributed by atoms with Crippen molar-refractivity contribution in [3.05, 3.63) is 65.7 Å². The molecule has 2 N–H and O–H groups in total. The van der Waals surface area contributed by atoms with Crippen molar-refractivity contribution in [1.82, 2.24) is 5.32 Å². The van der Waals surface area contributed by atoms with E-state index in [1.54, 1.807) is 36.4 Å². The van der Waals surface area contributed by atoms with Crippen LogP contribution >= 0.6 is 0 Å². The Labute approximate surface area is 169 Å². The summed E-state index contributed by atoms with van der Waals surface area (Å²) in [7, 11) is 0. The molecule has 0 unspecified atom stereocenters. The Morgan fingerprint density at radius 3 is 2.45 bits per heavy atom. The Morgan fingerprint density at radius 1 is 1.07 bits per heavy atom. The summed E-state index contributed by atoms with van der Waals surface area (Å²) < 4.78 is 18.3. The van der Waals surface area contributed by atoms with Gasteiger partial charge in [-0.3, -0.25) is 9.59 Å². The molecule has 0 spiro atoms. The van der Waals surface area contributed by atoms with Crippen molar-refractivity contribution in [2.75, 3.05) is 11.9 Å². The Balaban J connectivity index is 2.15. The SMILES string of the molecule is [2H][C@@](CC(=O)c1ccccc1NC=O)(NC(=O)OCc1ccccc1)C(=O)OCC. The van der Waals surface area contributed by atoms with Gasteiger partial charge in [0.1, 0.15) is 12.6 Å². The van der Waals surface area contributed by atoms with E-state index in [0.717, 1.165) is 0 Å². The number of para-hydroxylation sites is 1. The van der Waals surface area contributed by atoms with Crippen LogP contribution in [0.15, 0.2) is 54.6 Å². The lowest BCUT2D eigenvalue weighted by molar-refractivity contribution is -0.145. The molecule has 0 saturated heterocycles. The molecule has 2 rings (SSSR count). The molecule has 0 fully saturated rings. The standard InChI is InChI=1S/C21H22N2O6/c1-2-28-20(26)18(23-21(27)29-13-15-8-4-3-5-9-15)12-19(25)16-10-6-7-11-17(16)22-14-24/h3-11,14,18H,2,12-13H2,1H3,(H,22,24)(H,23,27)/t18-/m0/s1/i18D. The first-order valence-corrected chi connectivity index (χ1v) is 8.88. The number of rotatable bonds is 10. The quantitative estimate of drug-likeness (QED) is 0.361. The molecule has 0 bridgehead atoms. The average Bonchev–Trinajstić information content (AvgIpc) is 2.73. The first kappa shape index (κ1) is 20.1. The van der Waals surface area contributed by atoms with Crippen LogP contribution in [0.25, 0.3) is 0 Å². The number of ketones is 1. The largest absolute Gasteiger partial charge is 0.464 e. The number of hydrogen-bond acceptors (Lipinski definition) is 6. The minimum absolute atomic E-state index is 0.0440. The Hall–Kier alpha value is -3.68. The molecular weight excluding hydrogens is 376 g/mol. The van der Waals surface area contributed by atoms with E-state index in [0.29, 0.717) is 12.0 Å². The summed E-state index contributed by atoms with van der Waals surface area (Å²) in [6, 6.07) is 12.5. The summed E-state index contributed by atoms with van der Waals surface area (Å²) in [5.41, 5.74) is 1.02. The Morgan fingerprint density at radius 2 is 1.76 bits per heavy atom. The molecular formula is C21H22N2O6. The van der Waals surface area contributed by atoms with E-state index in [-0.39, 0.29) is 24.5 Å². The van der Waals surface area contributed by atoms with E-state index in [4.69, 9.17) is 10.8 Å². The van der Waals surface area contributed by atoms with Gasteiger partial charge in [0.25, 0.3) is 0 Å². The maximum absolute atomic E-state index is 12.7. The van der Waals surface area contributed by atoms with Gasteiger partial charge in [-0.1, -0.05) is 42.5 Å². The molecule has 0 aliphatic carbocycles. The van der Waals surface area contributed by atoms with Crippen molar-refractivity contribution < 1.29 is 30.0 Å². The zero-order valence-corrected chi connectivity index (χ0v) is 15.8. The molecule has 2 amide bonds. The fourth-order valence-electron chi connectivity index (χ4n) is 2.44. The van der Waals surface area contributed by atoms with Crippen molar-refractivity contribution >= 4 is 29.9 Å². The number of amides is 2. The first-order valence-electron chi connectivity index (χ1n) is 9.38. The molecule has 0 aliphatic rings. The molecule has 8 heteroatoms. The number of nitrogens with one attached hydrogen (secondary N) is 2. The molecule has 29 heavy (non-hydrogen) atoms. The van der Waals surface area contributed by atoms with Gasteiger partial charge in [0.05, 0.1) is 13.7 Å².